The monoisotopic (exact) mass is 423 g/mol. The Balaban J connectivity index is 2.01. The van der Waals surface area contributed by atoms with Crippen LogP contribution in [0.4, 0.5) is 5.69 Å². The molecule has 0 unspecified atom stereocenters. The molecule has 0 aliphatic rings. The molecule has 0 radical (unpaired) electrons. The lowest BCUT2D eigenvalue weighted by atomic mass is 10.1. The number of benzene rings is 2. The van der Waals surface area contributed by atoms with Crippen LogP contribution in [0.3, 0.4) is 0 Å². The fourth-order valence-corrected chi connectivity index (χ4v) is 3.83. The maximum absolute atomic E-state index is 12.5. The number of halogens is 1. The second-order valence-corrected chi connectivity index (χ2v) is 7.86. The molecule has 0 N–H and O–H groups in total. The third-order valence-electron chi connectivity index (χ3n) is 3.93. The topological polar surface area (TPSA) is 117 Å². The van der Waals surface area contributed by atoms with E-state index in [4.69, 9.17) is 20.2 Å². The summed E-state index contributed by atoms with van der Waals surface area (Å²) in [4.78, 5) is 21.5. The summed E-state index contributed by atoms with van der Waals surface area (Å²) in [6.45, 7) is 1.97. The predicted molar refractivity (Wildman–Crippen MR) is 102 cm³/mol. The minimum Gasteiger partial charge on any atom is -0.423 e. The van der Waals surface area contributed by atoms with Crippen LogP contribution in [0.25, 0.3) is 11.0 Å². The number of fused-ring (bicyclic) bond motifs is 1. The number of aryl methyl sites for hydroxylation is 1. The molecule has 0 bridgehead atoms. The van der Waals surface area contributed by atoms with Gasteiger partial charge in [-0.25, -0.2) is 4.79 Å². The van der Waals surface area contributed by atoms with Gasteiger partial charge in [0.2, 0.25) is 0 Å². The Morgan fingerprint density at radius 2 is 1.93 bits per heavy atom. The summed E-state index contributed by atoms with van der Waals surface area (Å²) in [5.41, 5.74) is -0.133. The largest absolute Gasteiger partial charge is 0.423 e. The molecule has 3 rings (SSSR count). The minimum atomic E-state index is -4.37. The molecule has 3 aromatic rings. The lowest BCUT2D eigenvalue weighted by molar-refractivity contribution is -0.384. The average Bonchev–Trinajstić information content (AvgIpc) is 2.61. The molecule has 146 valence electrons. The lowest BCUT2D eigenvalue weighted by Gasteiger charge is -2.09. The van der Waals surface area contributed by atoms with E-state index in [-0.39, 0.29) is 16.4 Å². The summed E-state index contributed by atoms with van der Waals surface area (Å²) >= 11 is 5.70. The highest BCUT2D eigenvalue weighted by atomic mass is 35.5. The molecule has 0 atom stereocenters. The van der Waals surface area contributed by atoms with Crippen LogP contribution in [0, 0.1) is 10.1 Å². The van der Waals surface area contributed by atoms with E-state index in [1.165, 1.54) is 18.2 Å². The molecule has 0 fully saturated rings. The first-order valence-corrected chi connectivity index (χ1v) is 9.95. The predicted octanol–water partition coefficient (Wildman–Crippen LogP) is 4.07. The van der Waals surface area contributed by atoms with Crippen LogP contribution in [0.2, 0.25) is 5.02 Å². The van der Waals surface area contributed by atoms with E-state index in [2.05, 4.69) is 0 Å². The van der Waals surface area contributed by atoms with E-state index >= 15 is 0 Å². The Morgan fingerprint density at radius 3 is 2.61 bits per heavy atom. The molecule has 8 nitrogen and oxygen atoms in total. The lowest BCUT2D eigenvalue weighted by Crippen LogP contribution is -2.10. The number of hydrogen-bond acceptors (Lipinski definition) is 7. The molecular formula is C18H14ClNO7S. The Bertz CT molecular complexity index is 1230. The van der Waals surface area contributed by atoms with Gasteiger partial charge in [0.1, 0.15) is 21.3 Å². The molecule has 1 aromatic heterocycles. The summed E-state index contributed by atoms with van der Waals surface area (Å²) < 4.78 is 35.2. The molecule has 0 saturated carbocycles. The molecule has 0 aliphatic heterocycles. The highest BCUT2D eigenvalue weighted by molar-refractivity contribution is 7.87. The molecule has 0 amide bonds. The van der Waals surface area contributed by atoms with E-state index in [0.717, 1.165) is 30.2 Å². The van der Waals surface area contributed by atoms with Crippen molar-refractivity contribution in [3.05, 3.63) is 73.6 Å². The van der Waals surface area contributed by atoms with Gasteiger partial charge >= 0.3 is 15.7 Å². The van der Waals surface area contributed by atoms with Gasteiger partial charge in [0.15, 0.2) is 0 Å². The van der Waals surface area contributed by atoms with E-state index in [1.54, 1.807) is 6.07 Å². The van der Waals surface area contributed by atoms with Crippen LogP contribution in [0.1, 0.15) is 18.9 Å². The second kappa shape index (κ2) is 7.61. The van der Waals surface area contributed by atoms with Gasteiger partial charge in [-0.1, -0.05) is 24.9 Å². The van der Waals surface area contributed by atoms with E-state index in [1.807, 2.05) is 6.92 Å². The highest BCUT2D eigenvalue weighted by Crippen LogP contribution is 2.30. The van der Waals surface area contributed by atoms with Crippen molar-refractivity contribution < 1.29 is 21.9 Å². The van der Waals surface area contributed by atoms with Crippen molar-refractivity contribution in [1.82, 2.24) is 0 Å². The van der Waals surface area contributed by atoms with Crippen LogP contribution in [-0.4, -0.2) is 13.3 Å². The maximum Gasteiger partial charge on any atom is 0.339 e. The van der Waals surface area contributed by atoms with Crippen molar-refractivity contribution in [2.24, 2.45) is 0 Å². The Kier molecular flexibility index (Phi) is 5.39. The van der Waals surface area contributed by atoms with E-state index < -0.39 is 31.2 Å². The summed E-state index contributed by atoms with van der Waals surface area (Å²) in [6, 6.07) is 8.73. The van der Waals surface area contributed by atoms with Gasteiger partial charge in [0.25, 0.3) is 5.69 Å². The van der Waals surface area contributed by atoms with Crippen molar-refractivity contribution in [1.29, 1.82) is 0 Å². The van der Waals surface area contributed by atoms with Crippen LogP contribution in [0.5, 0.6) is 5.75 Å². The molecule has 0 spiro atoms. The molecular weight excluding hydrogens is 410 g/mol. The SMILES string of the molecule is CCCc1cc(=O)oc2cc(OS(=O)(=O)c3ccc(Cl)c([N+](=O)[O-])c3)ccc12. The van der Waals surface area contributed by atoms with Crippen molar-refractivity contribution >= 4 is 38.4 Å². The second-order valence-electron chi connectivity index (χ2n) is 5.91. The zero-order valence-electron chi connectivity index (χ0n) is 14.5. The smallest absolute Gasteiger partial charge is 0.339 e. The van der Waals surface area contributed by atoms with Crippen molar-refractivity contribution in [2.75, 3.05) is 0 Å². The number of nitrogens with zero attached hydrogens (tertiary/aromatic N) is 1. The fraction of sp³-hybridized carbons (Fsp3) is 0.167. The number of nitro groups is 1. The van der Waals surface area contributed by atoms with Crippen molar-refractivity contribution in [3.8, 4) is 5.75 Å². The van der Waals surface area contributed by atoms with Crippen LogP contribution >= 0.6 is 11.6 Å². The van der Waals surface area contributed by atoms with Gasteiger partial charge in [-0.05, 0) is 36.2 Å². The Hall–Kier alpha value is -2.91. The van der Waals surface area contributed by atoms with Crippen LogP contribution in [-0.2, 0) is 16.5 Å². The van der Waals surface area contributed by atoms with Gasteiger partial charge in [-0.3, -0.25) is 10.1 Å². The molecule has 2 aromatic carbocycles. The average molecular weight is 424 g/mol. The van der Waals surface area contributed by atoms with Crippen molar-refractivity contribution in [3.63, 3.8) is 0 Å². The normalized spacial score (nSPS) is 11.5. The third-order valence-corrected chi connectivity index (χ3v) is 5.49. The molecule has 0 aliphatic carbocycles. The standard InChI is InChI=1S/C18H14ClNO7S/c1-2-3-11-8-18(21)26-17-9-12(4-6-14(11)17)27-28(24,25)13-5-7-15(19)16(10-13)20(22)23/h4-10H,2-3H2,1H3. The van der Waals surface area contributed by atoms with Crippen LogP contribution in [0.15, 0.2) is 56.6 Å². The van der Waals surface area contributed by atoms with Crippen molar-refractivity contribution in [2.45, 2.75) is 24.7 Å². The Morgan fingerprint density at radius 1 is 1.18 bits per heavy atom. The summed E-state index contributed by atoms with van der Waals surface area (Å²) in [7, 11) is -4.37. The highest BCUT2D eigenvalue weighted by Gasteiger charge is 2.23. The van der Waals surface area contributed by atoms with Gasteiger partial charge in [0, 0.05) is 23.6 Å². The fourth-order valence-electron chi connectivity index (χ4n) is 2.70. The first-order chi connectivity index (χ1) is 13.2. The van der Waals surface area contributed by atoms with Gasteiger partial charge in [-0.15, -0.1) is 0 Å². The number of rotatable bonds is 6. The molecule has 0 saturated heterocycles. The summed E-state index contributed by atoms with van der Waals surface area (Å²) in [5.74, 6) is -0.0955. The quantitative estimate of drug-likeness (QED) is 0.254. The first kappa shape index (κ1) is 19.8. The zero-order valence-corrected chi connectivity index (χ0v) is 16.1. The van der Waals surface area contributed by atoms with Gasteiger partial charge < -0.3 is 8.60 Å². The van der Waals surface area contributed by atoms with Crippen LogP contribution < -0.4 is 9.81 Å². The maximum atomic E-state index is 12.5. The van der Waals surface area contributed by atoms with E-state index in [0.29, 0.717) is 11.8 Å². The number of hydrogen-bond donors (Lipinski definition) is 0. The first-order valence-electron chi connectivity index (χ1n) is 8.16. The summed E-state index contributed by atoms with van der Waals surface area (Å²) in [5, 5.41) is 11.4. The Labute approximate surface area is 164 Å². The third kappa shape index (κ3) is 4.00. The van der Waals surface area contributed by atoms with Gasteiger partial charge in [0.05, 0.1) is 4.92 Å². The molecule has 28 heavy (non-hydrogen) atoms. The molecule has 10 heteroatoms. The minimum absolute atomic E-state index is 0.0955. The van der Waals surface area contributed by atoms with Gasteiger partial charge in [-0.2, -0.15) is 8.42 Å². The zero-order chi connectivity index (χ0) is 20.5. The van der Waals surface area contributed by atoms with E-state index in [9.17, 15) is 23.3 Å². The summed E-state index contributed by atoms with van der Waals surface area (Å²) in [6.07, 6.45) is 1.48. The molecule has 1 heterocycles. The number of nitro benzene ring substituents is 1.